The van der Waals surface area contributed by atoms with Gasteiger partial charge >= 0.3 is 6.01 Å². The third-order valence-corrected chi connectivity index (χ3v) is 4.06. The number of carbonyl (C=O) groups excluding carboxylic acids is 1. The molecule has 0 fully saturated rings. The number of ether oxygens (including phenoxy) is 1. The highest BCUT2D eigenvalue weighted by Crippen LogP contribution is 2.27. The summed E-state index contributed by atoms with van der Waals surface area (Å²) in [6.45, 7) is 0. The molecule has 0 aliphatic rings. The number of carbonyl (C=O) groups is 1. The molecule has 0 radical (unpaired) electrons. The summed E-state index contributed by atoms with van der Waals surface area (Å²) in [6, 6.07) is 14.2. The fourth-order valence-electron chi connectivity index (χ4n) is 2.63. The van der Waals surface area contributed by atoms with E-state index in [9.17, 15) is 4.79 Å². The van der Waals surface area contributed by atoms with Crippen molar-refractivity contribution in [2.45, 2.75) is 0 Å². The van der Waals surface area contributed by atoms with Gasteiger partial charge in [0.15, 0.2) is 0 Å². The van der Waals surface area contributed by atoms with Crippen LogP contribution in [0.1, 0.15) is 10.4 Å². The molecule has 0 atom stereocenters. The number of benzene rings is 1. The minimum atomic E-state index is -0.441. The third kappa shape index (κ3) is 4.17. The van der Waals surface area contributed by atoms with Crippen LogP contribution in [0.15, 0.2) is 71.6 Å². The molecule has 0 saturated heterocycles. The average molecular weight is 403 g/mol. The summed E-state index contributed by atoms with van der Waals surface area (Å²) in [5, 5.41) is 6.98. The van der Waals surface area contributed by atoms with Crippen molar-refractivity contribution in [1.82, 2.24) is 25.5 Å². The van der Waals surface area contributed by atoms with E-state index in [1.807, 2.05) is 24.3 Å². The van der Waals surface area contributed by atoms with Crippen molar-refractivity contribution in [3.8, 4) is 17.1 Å². The molecule has 10 heteroatoms. The van der Waals surface area contributed by atoms with Crippen molar-refractivity contribution in [2.24, 2.45) is 0 Å². The smallest absolute Gasteiger partial charge is 0.340 e. The fraction of sp³-hybridized carbons (Fsp3) is 0.0500. The highest BCUT2D eigenvalue weighted by atomic mass is 16.5. The minimum Gasteiger partial charge on any atom is -0.495 e. The molecule has 0 aliphatic carbocycles. The number of hydrogen-bond acceptors (Lipinski definition) is 9. The van der Waals surface area contributed by atoms with E-state index < -0.39 is 5.91 Å². The molecule has 0 spiro atoms. The zero-order valence-electron chi connectivity index (χ0n) is 15.9. The second kappa shape index (κ2) is 8.69. The Kier molecular flexibility index (Phi) is 5.47. The van der Waals surface area contributed by atoms with Crippen molar-refractivity contribution in [3.63, 3.8) is 0 Å². The number of amides is 1. The second-order valence-corrected chi connectivity index (χ2v) is 5.96. The Morgan fingerprint density at radius 3 is 2.70 bits per heavy atom. The third-order valence-electron chi connectivity index (χ3n) is 4.06. The van der Waals surface area contributed by atoms with Gasteiger partial charge in [0.1, 0.15) is 11.6 Å². The number of hydrogen-bond donors (Lipinski definition) is 3. The first-order valence-electron chi connectivity index (χ1n) is 8.90. The minimum absolute atomic E-state index is 0.0401. The van der Waals surface area contributed by atoms with Crippen LogP contribution < -0.4 is 20.9 Å². The molecular formula is C20H17N7O3. The van der Waals surface area contributed by atoms with Crippen molar-refractivity contribution in [3.05, 3.63) is 72.7 Å². The summed E-state index contributed by atoms with van der Waals surface area (Å²) in [5.41, 5.74) is 6.87. The Labute approximate surface area is 171 Å². The first kappa shape index (κ1) is 18.9. The highest BCUT2D eigenvalue weighted by Gasteiger charge is 2.15. The van der Waals surface area contributed by atoms with Gasteiger partial charge in [0, 0.05) is 24.2 Å². The van der Waals surface area contributed by atoms with Crippen molar-refractivity contribution >= 4 is 23.4 Å². The maximum absolute atomic E-state index is 12.7. The summed E-state index contributed by atoms with van der Waals surface area (Å²) in [4.78, 5) is 25.1. The Balaban J connectivity index is 1.46. The molecule has 150 valence electrons. The quantitative estimate of drug-likeness (QED) is 0.399. The van der Waals surface area contributed by atoms with E-state index in [-0.39, 0.29) is 6.01 Å². The molecule has 3 heterocycles. The van der Waals surface area contributed by atoms with Crippen LogP contribution in [-0.2, 0) is 0 Å². The molecule has 4 aromatic rings. The standard InChI is InChI=1S/C20H17N7O3/c1-29-16-7-3-2-6-15(16)23-18-14(5-4-10-22-18)19(28)25-26-20-24-17(27-30-20)13-8-11-21-12-9-13/h2-12H,1H3,(H,22,23)(H,25,28)(H,24,26,27). The molecule has 1 aromatic carbocycles. The molecule has 3 N–H and O–H groups in total. The Morgan fingerprint density at radius 1 is 1.03 bits per heavy atom. The Bertz CT molecular complexity index is 1150. The van der Waals surface area contributed by atoms with Gasteiger partial charge in [-0.25, -0.2) is 10.4 Å². The number of methoxy groups -OCH3 is 1. The zero-order valence-corrected chi connectivity index (χ0v) is 15.9. The van der Waals surface area contributed by atoms with Crippen LogP contribution in [-0.4, -0.2) is 33.1 Å². The van der Waals surface area contributed by atoms with E-state index in [2.05, 4.69) is 36.3 Å². The molecule has 0 bridgehead atoms. The van der Waals surface area contributed by atoms with E-state index >= 15 is 0 Å². The van der Waals surface area contributed by atoms with E-state index in [4.69, 9.17) is 9.26 Å². The molecule has 0 aliphatic heterocycles. The SMILES string of the molecule is COc1ccccc1Nc1ncccc1C(=O)NNc1nc(-c2ccncc2)no1. The average Bonchev–Trinajstić information content (AvgIpc) is 3.28. The van der Waals surface area contributed by atoms with E-state index in [0.29, 0.717) is 28.6 Å². The van der Waals surface area contributed by atoms with Gasteiger partial charge in [-0.2, -0.15) is 4.98 Å². The van der Waals surface area contributed by atoms with Gasteiger partial charge < -0.3 is 14.6 Å². The number of aromatic nitrogens is 4. The lowest BCUT2D eigenvalue weighted by molar-refractivity contribution is 0.0961. The van der Waals surface area contributed by atoms with E-state index in [1.54, 1.807) is 50.0 Å². The summed E-state index contributed by atoms with van der Waals surface area (Å²) in [7, 11) is 1.57. The number of nitrogens with zero attached hydrogens (tertiary/aromatic N) is 4. The number of rotatable bonds is 7. The Morgan fingerprint density at radius 2 is 1.87 bits per heavy atom. The first-order chi connectivity index (χ1) is 14.7. The maximum Gasteiger partial charge on any atom is 0.340 e. The van der Waals surface area contributed by atoms with Crippen LogP contribution in [0.4, 0.5) is 17.5 Å². The number of para-hydroxylation sites is 2. The van der Waals surface area contributed by atoms with Crippen LogP contribution in [0.3, 0.4) is 0 Å². The summed E-state index contributed by atoms with van der Waals surface area (Å²) >= 11 is 0. The topological polar surface area (TPSA) is 127 Å². The van der Waals surface area contributed by atoms with Gasteiger partial charge in [0.2, 0.25) is 5.82 Å². The van der Waals surface area contributed by atoms with Crippen LogP contribution >= 0.6 is 0 Å². The monoisotopic (exact) mass is 403 g/mol. The van der Waals surface area contributed by atoms with Crippen LogP contribution in [0.5, 0.6) is 5.75 Å². The van der Waals surface area contributed by atoms with Crippen LogP contribution in [0.25, 0.3) is 11.4 Å². The second-order valence-electron chi connectivity index (χ2n) is 5.96. The maximum atomic E-state index is 12.7. The van der Waals surface area contributed by atoms with Gasteiger partial charge in [-0.05, 0) is 36.4 Å². The number of anilines is 3. The van der Waals surface area contributed by atoms with Crippen molar-refractivity contribution in [1.29, 1.82) is 0 Å². The number of pyridine rings is 2. The van der Waals surface area contributed by atoms with E-state index in [0.717, 1.165) is 5.56 Å². The molecule has 0 unspecified atom stereocenters. The lowest BCUT2D eigenvalue weighted by atomic mass is 10.2. The highest BCUT2D eigenvalue weighted by molar-refractivity contribution is 5.99. The predicted octanol–water partition coefficient (Wildman–Crippen LogP) is 3.04. The molecule has 0 saturated carbocycles. The number of hydrazine groups is 1. The molecule has 30 heavy (non-hydrogen) atoms. The molecular weight excluding hydrogens is 386 g/mol. The molecule has 4 rings (SSSR count). The largest absolute Gasteiger partial charge is 0.495 e. The van der Waals surface area contributed by atoms with Crippen LogP contribution in [0.2, 0.25) is 0 Å². The zero-order chi connectivity index (χ0) is 20.8. The first-order valence-corrected chi connectivity index (χ1v) is 8.90. The van der Waals surface area contributed by atoms with Crippen LogP contribution in [0, 0.1) is 0 Å². The van der Waals surface area contributed by atoms with Crippen molar-refractivity contribution < 1.29 is 14.1 Å². The lowest BCUT2D eigenvalue weighted by Crippen LogP contribution is -2.30. The lowest BCUT2D eigenvalue weighted by Gasteiger charge is -2.13. The van der Waals surface area contributed by atoms with Gasteiger partial charge in [-0.15, -0.1) is 0 Å². The summed E-state index contributed by atoms with van der Waals surface area (Å²) in [6.07, 6.45) is 4.83. The fourth-order valence-corrected chi connectivity index (χ4v) is 2.63. The molecule has 10 nitrogen and oxygen atoms in total. The normalized spacial score (nSPS) is 10.3. The van der Waals surface area contributed by atoms with Gasteiger partial charge in [0.25, 0.3) is 5.91 Å². The van der Waals surface area contributed by atoms with Gasteiger partial charge in [-0.3, -0.25) is 15.2 Å². The van der Waals surface area contributed by atoms with Gasteiger partial charge in [-0.1, -0.05) is 17.3 Å². The molecule has 1 amide bonds. The van der Waals surface area contributed by atoms with Crippen molar-refractivity contribution in [2.75, 3.05) is 17.9 Å². The molecule has 3 aromatic heterocycles. The van der Waals surface area contributed by atoms with Gasteiger partial charge in [0.05, 0.1) is 18.4 Å². The summed E-state index contributed by atoms with van der Waals surface area (Å²) in [5.74, 6) is 0.921. The van der Waals surface area contributed by atoms with E-state index in [1.165, 1.54) is 0 Å². The summed E-state index contributed by atoms with van der Waals surface area (Å²) < 4.78 is 10.4. The Hall–Kier alpha value is -4.47. The number of nitrogens with one attached hydrogen (secondary N) is 3. The predicted molar refractivity (Wildman–Crippen MR) is 109 cm³/mol.